The first kappa shape index (κ1) is 21.5. The quantitative estimate of drug-likeness (QED) is 0.326. The van der Waals surface area contributed by atoms with Crippen LogP contribution in [-0.4, -0.2) is 14.5 Å². The van der Waals surface area contributed by atoms with Gasteiger partial charge in [-0.3, -0.25) is 14.3 Å². The summed E-state index contributed by atoms with van der Waals surface area (Å²) in [6, 6.07) is 19.8. The van der Waals surface area contributed by atoms with E-state index in [4.69, 9.17) is 4.74 Å². The molecule has 0 N–H and O–H groups in total. The Balaban J connectivity index is 1.46. The van der Waals surface area contributed by atoms with E-state index in [1.165, 1.54) is 29.2 Å². The van der Waals surface area contributed by atoms with E-state index < -0.39 is 5.82 Å². The van der Waals surface area contributed by atoms with Crippen molar-refractivity contribution in [1.82, 2.24) is 14.5 Å². The van der Waals surface area contributed by atoms with Crippen LogP contribution in [0.5, 0.6) is 11.5 Å². The number of aryl methyl sites for hydroxylation is 2. The van der Waals surface area contributed by atoms with E-state index in [9.17, 15) is 4.79 Å². The Morgan fingerprint density at radius 3 is 2.53 bits per heavy atom. The third-order valence-electron chi connectivity index (χ3n) is 5.88. The van der Waals surface area contributed by atoms with Gasteiger partial charge in [-0.05, 0) is 66.4 Å². The van der Waals surface area contributed by atoms with Gasteiger partial charge in [-0.15, -0.1) is 0 Å². The molecule has 5 nitrogen and oxygen atoms in total. The van der Waals surface area contributed by atoms with Crippen molar-refractivity contribution in [2.75, 3.05) is 0 Å². The van der Waals surface area contributed by atoms with Gasteiger partial charge in [-0.1, -0.05) is 36.4 Å². The van der Waals surface area contributed by atoms with E-state index in [0.717, 1.165) is 27.6 Å². The van der Waals surface area contributed by atoms with Crippen molar-refractivity contribution >= 4 is 10.9 Å². The van der Waals surface area contributed by atoms with Gasteiger partial charge in [0.2, 0.25) is 0 Å². The van der Waals surface area contributed by atoms with E-state index in [2.05, 4.69) is 9.97 Å². The van der Waals surface area contributed by atoms with Crippen LogP contribution in [0, 0.1) is 19.7 Å². The average molecular weight is 452 g/mol. The molecule has 0 saturated carbocycles. The molecule has 2 aromatic heterocycles. The van der Waals surface area contributed by atoms with Crippen molar-refractivity contribution in [1.29, 1.82) is 0 Å². The highest BCUT2D eigenvalue weighted by Gasteiger charge is 2.13. The van der Waals surface area contributed by atoms with Crippen LogP contribution in [0.3, 0.4) is 0 Å². The second kappa shape index (κ2) is 8.90. The molecule has 0 fully saturated rings. The molecule has 0 bridgehead atoms. The smallest absolute Gasteiger partial charge is 0.261 e. The fourth-order valence-electron chi connectivity index (χ4n) is 3.88. The molecule has 0 atom stereocenters. The van der Waals surface area contributed by atoms with Crippen LogP contribution in [0.1, 0.15) is 16.7 Å². The summed E-state index contributed by atoms with van der Waals surface area (Å²) in [7, 11) is 0. The molecule has 0 aliphatic heterocycles. The molecule has 168 valence electrons. The van der Waals surface area contributed by atoms with Gasteiger partial charge in [0.25, 0.3) is 5.56 Å². The molecule has 3 aromatic carbocycles. The monoisotopic (exact) mass is 451 g/mol. The van der Waals surface area contributed by atoms with E-state index in [1.807, 2.05) is 56.3 Å². The minimum atomic E-state index is -0.566. The molecule has 5 aromatic rings. The van der Waals surface area contributed by atoms with Crippen molar-refractivity contribution in [3.8, 4) is 22.6 Å². The molecule has 0 aliphatic rings. The zero-order valence-electron chi connectivity index (χ0n) is 18.8. The summed E-state index contributed by atoms with van der Waals surface area (Å²) in [6.07, 6.45) is 4.59. The normalized spacial score (nSPS) is 11.0. The molecular weight excluding hydrogens is 429 g/mol. The number of hydrogen-bond donors (Lipinski definition) is 0. The molecule has 0 spiro atoms. The number of fused-ring (bicyclic) bond motifs is 1. The van der Waals surface area contributed by atoms with Gasteiger partial charge in [-0.25, -0.2) is 9.37 Å². The van der Waals surface area contributed by atoms with Crippen molar-refractivity contribution in [3.05, 3.63) is 118 Å². The molecule has 5 rings (SSSR count). The van der Waals surface area contributed by atoms with Crippen LogP contribution >= 0.6 is 0 Å². The van der Waals surface area contributed by atoms with Crippen LogP contribution in [0.15, 0.2) is 90.2 Å². The third-order valence-corrected chi connectivity index (χ3v) is 5.88. The Bertz CT molecular complexity index is 1560. The second-order valence-corrected chi connectivity index (χ2v) is 8.24. The van der Waals surface area contributed by atoms with Gasteiger partial charge >= 0.3 is 0 Å². The number of hydrogen-bond acceptors (Lipinski definition) is 4. The maximum absolute atomic E-state index is 15.1. The maximum Gasteiger partial charge on any atom is 0.261 e. The Hall–Kier alpha value is -4.32. The van der Waals surface area contributed by atoms with Crippen molar-refractivity contribution in [2.45, 2.75) is 20.4 Å². The standard InChI is InChI=1S/C28H22FN3O2/c1-18-12-22-25(13-19(18)2)31-11-10-26(22)34-27-9-8-21(14-24(27)29)23-15-30-17-32(28(23)33)16-20-6-4-3-5-7-20/h3-15,17H,16H2,1-2H3. The topological polar surface area (TPSA) is 57.0 Å². The van der Waals surface area contributed by atoms with E-state index >= 15 is 4.39 Å². The zero-order chi connectivity index (χ0) is 23.7. The first-order valence-corrected chi connectivity index (χ1v) is 10.9. The number of pyridine rings is 1. The fourth-order valence-corrected chi connectivity index (χ4v) is 3.88. The van der Waals surface area contributed by atoms with Gasteiger partial charge in [0, 0.05) is 17.8 Å². The van der Waals surface area contributed by atoms with Crippen LogP contribution in [-0.2, 0) is 6.54 Å². The third kappa shape index (κ3) is 4.18. The highest BCUT2D eigenvalue weighted by atomic mass is 19.1. The van der Waals surface area contributed by atoms with Crippen molar-refractivity contribution < 1.29 is 9.13 Å². The largest absolute Gasteiger partial charge is 0.454 e. The van der Waals surface area contributed by atoms with Gasteiger partial charge in [-0.2, -0.15) is 0 Å². The Morgan fingerprint density at radius 2 is 1.74 bits per heavy atom. The number of benzene rings is 3. The second-order valence-electron chi connectivity index (χ2n) is 8.24. The molecule has 0 amide bonds. The van der Waals surface area contributed by atoms with Gasteiger partial charge < -0.3 is 4.74 Å². The van der Waals surface area contributed by atoms with Crippen LogP contribution in [0.4, 0.5) is 4.39 Å². The Morgan fingerprint density at radius 1 is 0.941 bits per heavy atom. The molecule has 0 saturated heterocycles. The molecule has 2 heterocycles. The van der Waals surface area contributed by atoms with Crippen LogP contribution in [0.25, 0.3) is 22.0 Å². The lowest BCUT2D eigenvalue weighted by molar-refractivity contribution is 0.446. The summed E-state index contributed by atoms with van der Waals surface area (Å²) in [4.78, 5) is 21.6. The Labute approximate surface area is 196 Å². The highest BCUT2D eigenvalue weighted by Crippen LogP contribution is 2.33. The predicted molar refractivity (Wildman–Crippen MR) is 131 cm³/mol. The van der Waals surface area contributed by atoms with Gasteiger partial charge in [0.05, 0.1) is 24.0 Å². The first-order valence-electron chi connectivity index (χ1n) is 10.9. The first-order chi connectivity index (χ1) is 16.5. The summed E-state index contributed by atoms with van der Waals surface area (Å²) >= 11 is 0. The molecule has 34 heavy (non-hydrogen) atoms. The van der Waals surface area contributed by atoms with E-state index in [0.29, 0.717) is 23.4 Å². The summed E-state index contributed by atoms with van der Waals surface area (Å²) in [5.41, 5.74) is 4.52. The van der Waals surface area contributed by atoms with Crippen LogP contribution < -0.4 is 10.3 Å². The molecule has 0 radical (unpaired) electrons. The summed E-state index contributed by atoms with van der Waals surface area (Å²) in [5, 5.41) is 0.810. The summed E-state index contributed by atoms with van der Waals surface area (Å²) in [5.74, 6) is 0.0264. The van der Waals surface area contributed by atoms with E-state index in [-0.39, 0.29) is 11.3 Å². The lowest BCUT2D eigenvalue weighted by atomic mass is 10.1. The number of rotatable bonds is 5. The predicted octanol–water partition coefficient (Wildman–Crippen LogP) is 6.06. The Kier molecular flexibility index (Phi) is 5.64. The SMILES string of the molecule is Cc1cc2nccc(Oc3ccc(-c4cncn(Cc5ccccc5)c4=O)cc3F)c2cc1C. The van der Waals surface area contributed by atoms with Crippen molar-refractivity contribution in [3.63, 3.8) is 0 Å². The minimum absolute atomic E-state index is 0.0722. The van der Waals surface area contributed by atoms with E-state index in [1.54, 1.807) is 18.3 Å². The summed E-state index contributed by atoms with van der Waals surface area (Å²) < 4.78 is 22.5. The lowest BCUT2D eigenvalue weighted by Crippen LogP contribution is -2.22. The summed E-state index contributed by atoms with van der Waals surface area (Å²) in [6.45, 7) is 4.42. The van der Waals surface area contributed by atoms with Gasteiger partial charge in [0.15, 0.2) is 11.6 Å². The molecule has 0 aliphatic carbocycles. The maximum atomic E-state index is 15.1. The minimum Gasteiger partial charge on any atom is -0.454 e. The van der Waals surface area contributed by atoms with Gasteiger partial charge in [0.1, 0.15) is 5.75 Å². The number of ether oxygens (including phenoxy) is 1. The number of nitrogens with zero attached hydrogens (tertiary/aromatic N) is 3. The molecular formula is C28H22FN3O2. The fraction of sp³-hybridized carbons (Fsp3) is 0.107. The molecule has 6 heteroatoms. The lowest BCUT2D eigenvalue weighted by Gasteiger charge is -2.12. The zero-order valence-corrected chi connectivity index (χ0v) is 18.8. The highest BCUT2D eigenvalue weighted by molar-refractivity contribution is 5.86. The van der Waals surface area contributed by atoms with Crippen molar-refractivity contribution in [2.24, 2.45) is 0 Å². The molecule has 0 unspecified atom stereocenters. The van der Waals surface area contributed by atoms with Crippen LogP contribution in [0.2, 0.25) is 0 Å². The number of aromatic nitrogens is 3. The number of halogens is 1. The average Bonchev–Trinajstić information content (AvgIpc) is 2.83.